The molecule has 2 heterocycles. The second kappa shape index (κ2) is 8.74. The van der Waals surface area contributed by atoms with Crippen LogP contribution in [0, 0.1) is 0 Å². The molecule has 0 spiro atoms. The number of hydrogen-bond acceptors (Lipinski definition) is 6. The molecular formula is C23H21N5O3. The number of aromatic nitrogens is 4. The minimum absolute atomic E-state index is 0.0251. The van der Waals surface area contributed by atoms with Crippen LogP contribution < -0.4 is 5.32 Å². The van der Waals surface area contributed by atoms with Gasteiger partial charge in [0.05, 0.1) is 11.3 Å². The lowest BCUT2D eigenvalue weighted by Gasteiger charge is -2.13. The number of anilines is 1. The van der Waals surface area contributed by atoms with Crippen LogP contribution >= 0.6 is 0 Å². The van der Waals surface area contributed by atoms with E-state index in [0.29, 0.717) is 22.6 Å². The monoisotopic (exact) mass is 415 g/mol. The number of para-hydroxylation sites is 1. The molecule has 0 saturated carbocycles. The van der Waals surface area contributed by atoms with E-state index in [1.54, 1.807) is 28.8 Å². The summed E-state index contributed by atoms with van der Waals surface area (Å²) in [5.41, 5.74) is 3.06. The van der Waals surface area contributed by atoms with Gasteiger partial charge in [-0.15, -0.1) is 0 Å². The molecule has 156 valence electrons. The number of nitrogens with one attached hydrogen (secondary N) is 1. The average Bonchev–Trinajstić information content (AvgIpc) is 3.26. The van der Waals surface area contributed by atoms with Gasteiger partial charge in [-0.1, -0.05) is 44.2 Å². The van der Waals surface area contributed by atoms with Crippen molar-refractivity contribution in [2.75, 3.05) is 5.32 Å². The molecule has 0 aliphatic heterocycles. The van der Waals surface area contributed by atoms with Crippen LogP contribution in [-0.2, 0) is 11.3 Å². The fourth-order valence-electron chi connectivity index (χ4n) is 3.21. The summed E-state index contributed by atoms with van der Waals surface area (Å²) in [6, 6.07) is 16.2. The summed E-state index contributed by atoms with van der Waals surface area (Å²) in [4.78, 5) is 33.3. The summed E-state index contributed by atoms with van der Waals surface area (Å²) < 4.78 is 7.04. The van der Waals surface area contributed by atoms with Crippen molar-refractivity contribution in [3.63, 3.8) is 0 Å². The van der Waals surface area contributed by atoms with E-state index in [2.05, 4.69) is 20.4 Å². The predicted molar refractivity (Wildman–Crippen MR) is 115 cm³/mol. The van der Waals surface area contributed by atoms with E-state index in [-0.39, 0.29) is 18.4 Å². The Morgan fingerprint density at radius 1 is 1.03 bits per heavy atom. The Balaban J connectivity index is 1.43. The minimum Gasteiger partial charge on any atom is -0.457 e. The van der Waals surface area contributed by atoms with Crippen molar-refractivity contribution >= 4 is 23.3 Å². The molecule has 1 N–H and O–H groups in total. The number of carbonyl (C=O) groups excluding carboxylic acids is 2. The molecule has 0 atom stereocenters. The molecule has 8 nitrogen and oxygen atoms in total. The maximum Gasteiger partial charge on any atom is 0.341 e. The number of ether oxygens (including phenoxy) is 1. The highest BCUT2D eigenvalue weighted by Gasteiger charge is 2.20. The summed E-state index contributed by atoms with van der Waals surface area (Å²) in [5, 5.41) is 6.99. The Kier molecular flexibility index (Phi) is 5.70. The molecule has 4 aromatic rings. The topological polar surface area (TPSA) is 98.5 Å². The van der Waals surface area contributed by atoms with Gasteiger partial charge in [0.1, 0.15) is 12.9 Å². The van der Waals surface area contributed by atoms with E-state index in [0.717, 1.165) is 11.3 Å². The van der Waals surface area contributed by atoms with Gasteiger partial charge in [-0.3, -0.25) is 4.79 Å². The third-order valence-corrected chi connectivity index (χ3v) is 4.73. The van der Waals surface area contributed by atoms with Gasteiger partial charge in [0.25, 0.3) is 11.7 Å². The first-order chi connectivity index (χ1) is 15.0. The van der Waals surface area contributed by atoms with Crippen LogP contribution in [0.5, 0.6) is 0 Å². The molecule has 4 rings (SSSR count). The summed E-state index contributed by atoms with van der Waals surface area (Å²) in [7, 11) is 0. The molecule has 0 aliphatic carbocycles. The van der Waals surface area contributed by atoms with Crippen LogP contribution in [0.15, 0.2) is 67.1 Å². The number of hydrogen-bond donors (Lipinski definition) is 1. The molecule has 31 heavy (non-hydrogen) atoms. The van der Waals surface area contributed by atoms with E-state index < -0.39 is 5.97 Å². The van der Waals surface area contributed by atoms with Gasteiger partial charge in [-0.2, -0.15) is 10.1 Å². The number of esters is 1. The van der Waals surface area contributed by atoms with Gasteiger partial charge in [-0.05, 0) is 35.7 Å². The molecule has 2 aromatic heterocycles. The third-order valence-electron chi connectivity index (χ3n) is 4.73. The average molecular weight is 415 g/mol. The number of fused-ring (bicyclic) bond motifs is 1. The number of rotatable bonds is 6. The van der Waals surface area contributed by atoms with Crippen LogP contribution in [0.25, 0.3) is 5.78 Å². The summed E-state index contributed by atoms with van der Waals surface area (Å²) in [5.74, 6) is -0.232. The first kappa shape index (κ1) is 20.2. The highest BCUT2D eigenvalue weighted by atomic mass is 16.5. The van der Waals surface area contributed by atoms with Gasteiger partial charge in [0, 0.05) is 17.4 Å². The lowest BCUT2D eigenvalue weighted by molar-refractivity contribution is 0.0469. The summed E-state index contributed by atoms with van der Waals surface area (Å²) in [6.07, 6.45) is 2.87. The molecule has 2 aromatic carbocycles. The van der Waals surface area contributed by atoms with Gasteiger partial charge in [0.2, 0.25) is 0 Å². The SMILES string of the molecule is CC(C)c1c(C(=O)OCc2ccc(C(=O)Nc3ccccc3)cc2)cnc2ncnn12. The molecular weight excluding hydrogens is 394 g/mol. The van der Waals surface area contributed by atoms with Crippen LogP contribution in [0.4, 0.5) is 5.69 Å². The molecule has 0 aliphatic rings. The number of amides is 1. The van der Waals surface area contributed by atoms with E-state index in [1.165, 1.54) is 12.5 Å². The maximum absolute atomic E-state index is 12.7. The summed E-state index contributed by atoms with van der Waals surface area (Å²) in [6.45, 7) is 4.01. The number of nitrogens with zero attached hydrogens (tertiary/aromatic N) is 4. The first-order valence-electron chi connectivity index (χ1n) is 9.84. The Bertz CT molecular complexity index is 1220. The standard InChI is InChI=1S/C23H21N5O3/c1-15(2)20-19(12-24-23-25-14-26-28(20)23)22(30)31-13-16-8-10-17(11-9-16)21(29)27-18-6-4-3-5-7-18/h3-12,14-15H,13H2,1-2H3,(H,27,29). The smallest absolute Gasteiger partial charge is 0.341 e. The quantitative estimate of drug-likeness (QED) is 0.480. The molecule has 8 heteroatoms. The maximum atomic E-state index is 12.7. The fraction of sp³-hybridized carbons (Fsp3) is 0.174. The van der Waals surface area contributed by atoms with Crippen molar-refractivity contribution in [3.05, 3.63) is 89.5 Å². The van der Waals surface area contributed by atoms with Crippen molar-refractivity contribution in [2.24, 2.45) is 0 Å². The van der Waals surface area contributed by atoms with Crippen molar-refractivity contribution < 1.29 is 14.3 Å². The normalized spacial score (nSPS) is 10.9. The van der Waals surface area contributed by atoms with E-state index in [9.17, 15) is 9.59 Å². The number of carbonyl (C=O) groups is 2. The van der Waals surface area contributed by atoms with Gasteiger partial charge < -0.3 is 10.1 Å². The molecule has 0 radical (unpaired) electrons. The Labute approximate surface area is 178 Å². The molecule has 0 saturated heterocycles. The van der Waals surface area contributed by atoms with E-state index in [4.69, 9.17) is 4.74 Å². The van der Waals surface area contributed by atoms with Crippen molar-refractivity contribution in [1.82, 2.24) is 19.6 Å². The van der Waals surface area contributed by atoms with Crippen LogP contribution in [0.3, 0.4) is 0 Å². The lowest BCUT2D eigenvalue weighted by atomic mass is 10.1. The highest BCUT2D eigenvalue weighted by Crippen LogP contribution is 2.20. The Hall–Kier alpha value is -4.07. The zero-order valence-corrected chi connectivity index (χ0v) is 17.1. The van der Waals surface area contributed by atoms with Crippen molar-refractivity contribution in [1.29, 1.82) is 0 Å². The second-order valence-corrected chi connectivity index (χ2v) is 7.28. The molecule has 1 amide bonds. The largest absolute Gasteiger partial charge is 0.457 e. The zero-order chi connectivity index (χ0) is 21.8. The van der Waals surface area contributed by atoms with Gasteiger partial charge in [0.15, 0.2) is 0 Å². The van der Waals surface area contributed by atoms with Crippen LogP contribution in [-0.4, -0.2) is 31.5 Å². The van der Waals surface area contributed by atoms with E-state index >= 15 is 0 Å². The van der Waals surface area contributed by atoms with E-state index in [1.807, 2.05) is 44.2 Å². The first-order valence-corrected chi connectivity index (χ1v) is 9.84. The van der Waals surface area contributed by atoms with Crippen LogP contribution in [0.1, 0.15) is 51.7 Å². The van der Waals surface area contributed by atoms with Gasteiger partial charge in [-0.25, -0.2) is 14.3 Å². The fourth-order valence-corrected chi connectivity index (χ4v) is 3.21. The zero-order valence-electron chi connectivity index (χ0n) is 17.1. The lowest BCUT2D eigenvalue weighted by Crippen LogP contribution is -2.15. The third kappa shape index (κ3) is 4.42. The predicted octanol–water partition coefficient (Wildman–Crippen LogP) is 3.86. The summed E-state index contributed by atoms with van der Waals surface area (Å²) >= 11 is 0. The van der Waals surface area contributed by atoms with Crippen LogP contribution in [0.2, 0.25) is 0 Å². The molecule has 0 unspecified atom stereocenters. The minimum atomic E-state index is -0.487. The Morgan fingerprint density at radius 2 is 1.77 bits per heavy atom. The van der Waals surface area contributed by atoms with Crippen molar-refractivity contribution in [3.8, 4) is 0 Å². The second-order valence-electron chi connectivity index (χ2n) is 7.28. The van der Waals surface area contributed by atoms with Crippen molar-refractivity contribution in [2.45, 2.75) is 26.4 Å². The number of benzene rings is 2. The van der Waals surface area contributed by atoms with Gasteiger partial charge >= 0.3 is 5.97 Å². The Morgan fingerprint density at radius 3 is 2.48 bits per heavy atom. The molecule has 0 fully saturated rings. The highest BCUT2D eigenvalue weighted by molar-refractivity contribution is 6.04. The molecule has 0 bridgehead atoms.